The minimum absolute atomic E-state index is 0.628. The van der Waals surface area contributed by atoms with Crippen LogP contribution in [0.2, 0.25) is 0 Å². The van der Waals surface area contributed by atoms with Crippen molar-refractivity contribution >= 4 is 65.0 Å². The molecule has 0 saturated carbocycles. The first kappa shape index (κ1) is 30.6. The van der Waals surface area contributed by atoms with Gasteiger partial charge in [-0.15, -0.1) is 11.3 Å². The van der Waals surface area contributed by atoms with Crippen molar-refractivity contribution in [2.75, 3.05) is 0 Å². The van der Waals surface area contributed by atoms with Crippen molar-refractivity contribution in [3.05, 3.63) is 170 Å². The Bertz CT molecular complexity index is 3170. The highest BCUT2D eigenvalue weighted by atomic mass is 32.1. The van der Waals surface area contributed by atoms with E-state index < -0.39 is 0 Å². The maximum Gasteiger partial charge on any atom is 0.164 e. The molecule has 0 fully saturated rings. The Balaban J connectivity index is 1.11. The number of benzene rings is 8. The number of aromatic nitrogens is 4. The molecule has 6 heteroatoms. The van der Waals surface area contributed by atoms with E-state index in [0.29, 0.717) is 17.5 Å². The highest BCUT2D eigenvalue weighted by Gasteiger charge is 2.21. The van der Waals surface area contributed by atoms with Crippen LogP contribution in [0.5, 0.6) is 0 Å². The summed E-state index contributed by atoms with van der Waals surface area (Å²) in [5.74, 6) is 1.91. The summed E-state index contributed by atoms with van der Waals surface area (Å²) in [6.07, 6.45) is 0. The second kappa shape index (κ2) is 12.3. The molecule has 252 valence electrons. The summed E-state index contributed by atoms with van der Waals surface area (Å²) < 4.78 is 7.63. The first-order valence-corrected chi connectivity index (χ1v) is 18.7. The molecule has 8 aromatic carbocycles. The number of hydrogen-bond donors (Lipinski definition) is 0. The van der Waals surface area contributed by atoms with Gasteiger partial charge < -0.3 is 4.42 Å². The molecule has 0 atom stereocenters. The topological polar surface area (TPSA) is 64.7 Å². The fourth-order valence-electron chi connectivity index (χ4n) is 7.47. The molecule has 0 radical (unpaired) electrons. The zero-order valence-corrected chi connectivity index (χ0v) is 29.6. The van der Waals surface area contributed by atoms with E-state index in [0.717, 1.165) is 81.3 Å². The second-order valence-electron chi connectivity index (χ2n) is 13.5. The lowest BCUT2D eigenvalue weighted by Gasteiger charge is -2.10. The SMILES string of the molecule is c1ccc(-c2nc(-c3ccccc3)nc(-c3ccc4ccc(-c5c6sc(-c7ccc8ccccc8c7)nc6cc6oc7ccccc7c56)cc4c3)n2)cc1. The summed E-state index contributed by atoms with van der Waals surface area (Å²) in [6, 6.07) is 58.7. The van der Waals surface area contributed by atoms with E-state index in [1.54, 1.807) is 11.3 Å². The third-order valence-corrected chi connectivity index (χ3v) is 11.2. The van der Waals surface area contributed by atoms with E-state index in [1.807, 2.05) is 72.8 Å². The van der Waals surface area contributed by atoms with Crippen molar-refractivity contribution in [3.63, 3.8) is 0 Å². The first-order valence-electron chi connectivity index (χ1n) is 17.9. The van der Waals surface area contributed by atoms with E-state index in [9.17, 15) is 0 Å². The number of rotatable bonds is 5. The van der Waals surface area contributed by atoms with Gasteiger partial charge in [-0.2, -0.15) is 0 Å². The molecule has 3 aromatic heterocycles. The van der Waals surface area contributed by atoms with E-state index in [-0.39, 0.29) is 0 Å². The summed E-state index contributed by atoms with van der Waals surface area (Å²) in [4.78, 5) is 20.1. The van der Waals surface area contributed by atoms with E-state index in [2.05, 4.69) is 97.1 Å². The van der Waals surface area contributed by atoms with Crippen LogP contribution in [0.4, 0.5) is 0 Å². The van der Waals surface area contributed by atoms with E-state index in [1.165, 1.54) is 10.8 Å². The van der Waals surface area contributed by atoms with Crippen LogP contribution in [-0.4, -0.2) is 19.9 Å². The molecule has 0 bridgehead atoms. The lowest BCUT2D eigenvalue weighted by atomic mass is 9.96. The van der Waals surface area contributed by atoms with Crippen LogP contribution >= 0.6 is 11.3 Å². The second-order valence-corrected chi connectivity index (χ2v) is 14.5. The smallest absolute Gasteiger partial charge is 0.164 e. The number of hydrogen-bond acceptors (Lipinski definition) is 6. The predicted octanol–water partition coefficient (Wildman–Crippen LogP) is 13.0. The molecule has 0 aliphatic heterocycles. The fraction of sp³-hybridized carbons (Fsp3) is 0. The van der Waals surface area contributed by atoms with Gasteiger partial charge in [0.05, 0.1) is 10.2 Å². The van der Waals surface area contributed by atoms with Gasteiger partial charge in [-0.05, 0) is 51.4 Å². The molecule has 0 unspecified atom stereocenters. The van der Waals surface area contributed by atoms with E-state index >= 15 is 0 Å². The van der Waals surface area contributed by atoms with Crippen molar-refractivity contribution in [1.82, 2.24) is 19.9 Å². The third-order valence-electron chi connectivity index (χ3n) is 10.1. The number of furan rings is 1. The molecule has 0 amide bonds. The van der Waals surface area contributed by atoms with Crippen molar-refractivity contribution in [1.29, 1.82) is 0 Å². The van der Waals surface area contributed by atoms with Crippen LogP contribution in [0.15, 0.2) is 174 Å². The first-order chi connectivity index (χ1) is 26.7. The molecule has 0 N–H and O–H groups in total. The quantitative estimate of drug-likeness (QED) is 0.178. The monoisotopic (exact) mass is 708 g/mol. The molecule has 11 aromatic rings. The van der Waals surface area contributed by atoms with Crippen molar-refractivity contribution in [2.45, 2.75) is 0 Å². The minimum Gasteiger partial charge on any atom is -0.456 e. The highest BCUT2D eigenvalue weighted by Crippen LogP contribution is 2.46. The van der Waals surface area contributed by atoms with Gasteiger partial charge in [0.15, 0.2) is 17.5 Å². The molecule has 0 saturated heterocycles. The third kappa shape index (κ3) is 5.15. The minimum atomic E-state index is 0.628. The van der Waals surface area contributed by atoms with Gasteiger partial charge in [0.25, 0.3) is 0 Å². The molecule has 0 aliphatic rings. The van der Waals surface area contributed by atoms with Crippen LogP contribution in [0.25, 0.3) is 110 Å². The Labute approximate surface area is 313 Å². The average molecular weight is 709 g/mol. The normalized spacial score (nSPS) is 11.7. The molecule has 0 spiro atoms. The summed E-state index contributed by atoms with van der Waals surface area (Å²) in [5, 5.41) is 7.80. The van der Waals surface area contributed by atoms with Crippen LogP contribution in [0.3, 0.4) is 0 Å². The van der Waals surface area contributed by atoms with Crippen LogP contribution in [-0.2, 0) is 0 Å². The van der Waals surface area contributed by atoms with Gasteiger partial charge in [-0.1, -0.05) is 140 Å². The Kier molecular flexibility index (Phi) is 6.97. The molecule has 11 rings (SSSR count). The van der Waals surface area contributed by atoms with Crippen molar-refractivity contribution in [2.24, 2.45) is 0 Å². The molecule has 5 nitrogen and oxygen atoms in total. The lowest BCUT2D eigenvalue weighted by molar-refractivity contribution is 0.669. The van der Waals surface area contributed by atoms with Crippen LogP contribution in [0.1, 0.15) is 0 Å². The molecule has 54 heavy (non-hydrogen) atoms. The van der Waals surface area contributed by atoms with Gasteiger partial charge in [0, 0.05) is 44.7 Å². The highest BCUT2D eigenvalue weighted by molar-refractivity contribution is 7.22. The Morgan fingerprint density at radius 2 is 0.944 bits per heavy atom. The number of para-hydroxylation sites is 1. The number of fused-ring (bicyclic) bond motifs is 6. The van der Waals surface area contributed by atoms with Crippen LogP contribution in [0, 0.1) is 0 Å². The zero-order chi connectivity index (χ0) is 35.6. The summed E-state index contributed by atoms with van der Waals surface area (Å²) in [5.41, 5.74) is 8.75. The fourth-order valence-corrected chi connectivity index (χ4v) is 8.58. The average Bonchev–Trinajstić information content (AvgIpc) is 3.84. The summed E-state index contributed by atoms with van der Waals surface area (Å²) in [7, 11) is 0. The Morgan fingerprint density at radius 3 is 1.69 bits per heavy atom. The Morgan fingerprint density at radius 1 is 0.389 bits per heavy atom. The van der Waals surface area contributed by atoms with Gasteiger partial charge in [-0.3, -0.25) is 0 Å². The van der Waals surface area contributed by atoms with E-state index in [4.69, 9.17) is 24.4 Å². The molecule has 3 heterocycles. The maximum atomic E-state index is 6.50. The zero-order valence-electron chi connectivity index (χ0n) is 28.8. The standard InChI is InChI=1S/C48H28N4OS/c1-3-12-31(13-4-1)45-50-46(32-14-5-2-6-15-32)52-47(51-45)35-23-20-30-19-22-34(26-37(30)27-35)42-43-38-17-9-10-18-40(38)53-41(43)28-39-44(42)54-48(49-39)36-24-21-29-11-7-8-16-33(29)25-36/h1-28H. The largest absolute Gasteiger partial charge is 0.456 e. The number of nitrogens with zero attached hydrogens (tertiary/aromatic N) is 4. The lowest BCUT2D eigenvalue weighted by Crippen LogP contribution is -2.00. The van der Waals surface area contributed by atoms with Gasteiger partial charge in [0.2, 0.25) is 0 Å². The summed E-state index contributed by atoms with van der Waals surface area (Å²) in [6.45, 7) is 0. The summed E-state index contributed by atoms with van der Waals surface area (Å²) >= 11 is 1.73. The van der Waals surface area contributed by atoms with Gasteiger partial charge in [0.1, 0.15) is 16.2 Å². The van der Waals surface area contributed by atoms with Gasteiger partial charge >= 0.3 is 0 Å². The number of thiazole rings is 1. The van der Waals surface area contributed by atoms with Gasteiger partial charge in [-0.25, -0.2) is 19.9 Å². The van der Waals surface area contributed by atoms with Crippen LogP contribution < -0.4 is 0 Å². The predicted molar refractivity (Wildman–Crippen MR) is 222 cm³/mol. The maximum absolute atomic E-state index is 6.50. The molecular weight excluding hydrogens is 681 g/mol. The molecule has 0 aliphatic carbocycles. The Hall–Kier alpha value is -7.02. The van der Waals surface area contributed by atoms with Crippen molar-refractivity contribution < 1.29 is 4.42 Å². The molecular formula is C48H28N4OS. The van der Waals surface area contributed by atoms with Crippen molar-refractivity contribution in [3.8, 4) is 55.9 Å².